The number of guanidine groups is 1. The summed E-state index contributed by atoms with van der Waals surface area (Å²) in [5.41, 5.74) is 0.125. The third-order valence-electron chi connectivity index (χ3n) is 6.22. The second kappa shape index (κ2) is 8.48. The zero-order valence-electron chi connectivity index (χ0n) is 16.2. The van der Waals surface area contributed by atoms with Crippen LogP contribution in [-0.4, -0.2) is 70.4 Å². The first kappa shape index (κ1) is 22.2. The normalized spacial score (nSPS) is 32.3. The molecule has 0 amide bonds. The number of fused-ring (bicyclic) bond motifs is 1. The molecule has 2 heterocycles. The van der Waals surface area contributed by atoms with Crippen molar-refractivity contribution >= 4 is 40.0 Å². The van der Waals surface area contributed by atoms with Crippen molar-refractivity contribution in [3.8, 4) is 0 Å². The van der Waals surface area contributed by atoms with Gasteiger partial charge in [-0.1, -0.05) is 13.8 Å². The number of sulfonamides is 1. The maximum Gasteiger partial charge on any atom is 0.211 e. The van der Waals surface area contributed by atoms with Gasteiger partial charge in [0.25, 0.3) is 0 Å². The maximum atomic E-state index is 11.6. The molecule has 0 bridgehead atoms. The Labute approximate surface area is 174 Å². The van der Waals surface area contributed by atoms with Crippen LogP contribution in [0.15, 0.2) is 4.99 Å². The molecule has 0 aromatic rings. The summed E-state index contributed by atoms with van der Waals surface area (Å²) in [7, 11) is -1.25. The van der Waals surface area contributed by atoms with E-state index >= 15 is 0 Å². The molecule has 2 saturated heterocycles. The Bertz CT molecular complexity index is 617. The zero-order valence-corrected chi connectivity index (χ0v) is 19.3. The lowest BCUT2D eigenvalue weighted by Crippen LogP contribution is -2.68. The fourth-order valence-corrected chi connectivity index (χ4v) is 5.52. The molecule has 1 saturated carbocycles. The summed E-state index contributed by atoms with van der Waals surface area (Å²) in [6, 6.07) is 0.387. The highest BCUT2D eigenvalue weighted by Crippen LogP contribution is 2.52. The first-order valence-electron chi connectivity index (χ1n) is 9.27. The minimum atomic E-state index is -3.05. The van der Waals surface area contributed by atoms with Crippen molar-refractivity contribution < 1.29 is 13.2 Å². The zero-order chi connectivity index (χ0) is 18.2. The number of rotatable bonds is 4. The van der Waals surface area contributed by atoms with Crippen LogP contribution in [0.3, 0.4) is 0 Å². The van der Waals surface area contributed by atoms with Crippen molar-refractivity contribution in [1.29, 1.82) is 0 Å². The van der Waals surface area contributed by atoms with E-state index in [4.69, 9.17) is 4.74 Å². The van der Waals surface area contributed by atoms with Gasteiger partial charge in [-0.2, -0.15) is 0 Å². The fourth-order valence-electron chi connectivity index (χ4n) is 4.65. The summed E-state index contributed by atoms with van der Waals surface area (Å²) in [6.07, 6.45) is 4.56. The summed E-state index contributed by atoms with van der Waals surface area (Å²) in [5.74, 6) is 1.90. The number of nitrogens with zero attached hydrogens (tertiary/aromatic N) is 2. The van der Waals surface area contributed by atoms with Crippen LogP contribution in [0.2, 0.25) is 0 Å². The average Bonchev–Trinajstić information content (AvgIpc) is 3.01. The maximum absolute atomic E-state index is 11.6. The van der Waals surface area contributed by atoms with Crippen LogP contribution in [-0.2, 0) is 14.8 Å². The van der Waals surface area contributed by atoms with E-state index in [9.17, 15) is 8.42 Å². The minimum Gasteiger partial charge on any atom is -0.377 e. The van der Waals surface area contributed by atoms with E-state index in [1.807, 2.05) is 0 Å². The Morgan fingerprint density at radius 1 is 1.27 bits per heavy atom. The molecule has 0 aromatic heterocycles. The molecule has 3 aliphatic rings. The third kappa shape index (κ3) is 4.47. The van der Waals surface area contributed by atoms with Crippen molar-refractivity contribution in [1.82, 2.24) is 14.9 Å². The second-order valence-electron chi connectivity index (χ2n) is 8.25. The van der Waals surface area contributed by atoms with Gasteiger partial charge in [-0.15, -0.1) is 24.0 Å². The number of halogens is 1. The van der Waals surface area contributed by atoms with Crippen LogP contribution < -0.4 is 10.6 Å². The molecule has 26 heavy (non-hydrogen) atoms. The molecule has 3 unspecified atom stereocenters. The van der Waals surface area contributed by atoms with Gasteiger partial charge in [-0.05, 0) is 25.2 Å². The Morgan fingerprint density at radius 3 is 2.50 bits per heavy atom. The molecular formula is C17H33IN4O3S. The number of aliphatic imine (C=N–C) groups is 1. The summed E-state index contributed by atoms with van der Waals surface area (Å²) >= 11 is 0. The van der Waals surface area contributed by atoms with E-state index in [1.54, 1.807) is 11.4 Å². The molecule has 2 aliphatic heterocycles. The smallest absolute Gasteiger partial charge is 0.211 e. The van der Waals surface area contributed by atoms with E-state index < -0.39 is 10.0 Å². The first-order valence-corrected chi connectivity index (χ1v) is 11.1. The van der Waals surface area contributed by atoms with Gasteiger partial charge in [-0.3, -0.25) is 4.99 Å². The van der Waals surface area contributed by atoms with E-state index in [2.05, 4.69) is 29.5 Å². The van der Waals surface area contributed by atoms with E-state index in [1.165, 1.54) is 6.26 Å². The number of hydrogen-bond acceptors (Lipinski definition) is 4. The minimum absolute atomic E-state index is 0. The highest BCUT2D eigenvalue weighted by molar-refractivity contribution is 14.0. The summed E-state index contributed by atoms with van der Waals surface area (Å²) < 4.78 is 30.6. The van der Waals surface area contributed by atoms with Gasteiger partial charge >= 0.3 is 0 Å². The van der Waals surface area contributed by atoms with Crippen LogP contribution in [0.25, 0.3) is 0 Å². The lowest BCUT2D eigenvalue weighted by atomic mass is 9.57. The van der Waals surface area contributed by atoms with Gasteiger partial charge in [0.05, 0.1) is 12.4 Å². The van der Waals surface area contributed by atoms with Crippen molar-refractivity contribution in [2.45, 2.75) is 45.3 Å². The number of nitrogens with one attached hydrogen (secondary N) is 2. The van der Waals surface area contributed by atoms with Crippen LogP contribution >= 0.6 is 24.0 Å². The van der Waals surface area contributed by atoms with Gasteiger partial charge < -0.3 is 15.4 Å². The predicted molar refractivity (Wildman–Crippen MR) is 114 cm³/mol. The standard InChI is InChI=1S/C17H32N4O3S.HI/c1-17(2)14(13-7-10-24-15(13)17)20-16(18-3)19-11-12-5-8-21(9-6-12)25(4,22)23;/h12-15H,5-11H2,1-4H3,(H2,18,19,20);1H. The number of ether oxygens (including phenoxy) is 1. The van der Waals surface area contributed by atoms with Crippen molar-refractivity contribution in [3.63, 3.8) is 0 Å². The fraction of sp³-hybridized carbons (Fsp3) is 0.941. The lowest BCUT2D eigenvalue weighted by Gasteiger charge is -2.55. The lowest BCUT2D eigenvalue weighted by molar-refractivity contribution is -0.106. The Balaban J connectivity index is 0.00000243. The SMILES string of the molecule is CN=C(NCC1CCN(S(C)(=O)=O)CC1)NC1C2CCOC2C1(C)C.I. The van der Waals surface area contributed by atoms with Gasteiger partial charge in [0.1, 0.15) is 0 Å². The molecular weight excluding hydrogens is 467 g/mol. The van der Waals surface area contributed by atoms with E-state index in [0.717, 1.165) is 38.4 Å². The number of hydrogen-bond donors (Lipinski definition) is 2. The molecule has 0 spiro atoms. The largest absolute Gasteiger partial charge is 0.377 e. The van der Waals surface area contributed by atoms with Gasteiger partial charge in [0.15, 0.2) is 5.96 Å². The monoisotopic (exact) mass is 500 g/mol. The average molecular weight is 500 g/mol. The second-order valence-corrected chi connectivity index (χ2v) is 10.2. The molecule has 3 fully saturated rings. The molecule has 3 rings (SSSR count). The number of piperidine rings is 1. The van der Waals surface area contributed by atoms with E-state index in [0.29, 0.717) is 37.1 Å². The molecule has 2 N–H and O–H groups in total. The highest BCUT2D eigenvalue weighted by atomic mass is 127. The molecule has 0 radical (unpaired) electrons. The van der Waals surface area contributed by atoms with Gasteiger partial charge in [-0.25, -0.2) is 12.7 Å². The topological polar surface area (TPSA) is 83.0 Å². The van der Waals surface area contributed by atoms with Crippen molar-refractivity contribution in [2.24, 2.45) is 22.2 Å². The van der Waals surface area contributed by atoms with Crippen LogP contribution in [0, 0.1) is 17.3 Å². The Kier molecular flexibility index (Phi) is 7.23. The molecule has 3 atom stereocenters. The quantitative estimate of drug-likeness (QED) is 0.345. The van der Waals surface area contributed by atoms with E-state index in [-0.39, 0.29) is 29.4 Å². The summed E-state index contributed by atoms with van der Waals surface area (Å²) in [5, 5.41) is 7.03. The van der Waals surface area contributed by atoms with Crippen LogP contribution in [0.1, 0.15) is 33.1 Å². The Hall–Kier alpha value is -0.130. The summed E-state index contributed by atoms with van der Waals surface area (Å²) in [4.78, 5) is 4.38. The molecule has 9 heteroatoms. The molecule has 152 valence electrons. The van der Waals surface area contributed by atoms with Crippen molar-refractivity contribution in [3.05, 3.63) is 0 Å². The predicted octanol–water partition coefficient (Wildman–Crippen LogP) is 1.25. The Morgan fingerprint density at radius 2 is 1.92 bits per heavy atom. The third-order valence-corrected chi connectivity index (χ3v) is 7.52. The molecule has 7 nitrogen and oxygen atoms in total. The van der Waals surface area contributed by atoms with Gasteiger partial charge in [0, 0.05) is 50.7 Å². The van der Waals surface area contributed by atoms with Crippen LogP contribution in [0.4, 0.5) is 0 Å². The molecule has 0 aromatic carbocycles. The van der Waals surface area contributed by atoms with Crippen molar-refractivity contribution in [2.75, 3.05) is 39.5 Å². The molecule has 1 aliphatic carbocycles. The summed E-state index contributed by atoms with van der Waals surface area (Å²) in [6.45, 7) is 7.44. The van der Waals surface area contributed by atoms with Crippen LogP contribution in [0.5, 0.6) is 0 Å². The first-order chi connectivity index (χ1) is 11.7. The van der Waals surface area contributed by atoms with Gasteiger partial charge in [0.2, 0.25) is 10.0 Å². The highest BCUT2D eigenvalue weighted by Gasteiger charge is 2.59.